The molecule has 2 fully saturated rings. The molecule has 258 valence electrons. The highest BCUT2D eigenvalue weighted by Crippen LogP contribution is 2.30. The van der Waals surface area contributed by atoms with Gasteiger partial charge in [0.25, 0.3) is 5.91 Å². The zero-order valence-corrected chi connectivity index (χ0v) is 28.6. The molecule has 1 saturated heterocycles. The van der Waals surface area contributed by atoms with Crippen molar-refractivity contribution >= 4 is 23.5 Å². The van der Waals surface area contributed by atoms with Crippen LogP contribution in [0.1, 0.15) is 71.6 Å². The van der Waals surface area contributed by atoms with Crippen molar-refractivity contribution in [1.82, 2.24) is 25.1 Å². The summed E-state index contributed by atoms with van der Waals surface area (Å²) in [5.74, 6) is 2.88. The second-order valence-electron chi connectivity index (χ2n) is 13.7. The van der Waals surface area contributed by atoms with Gasteiger partial charge >= 0.3 is 0 Å². The number of anilines is 2. The molecule has 0 radical (unpaired) electrons. The zero-order valence-electron chi connectivity index (χ0n) is 28.6. The monoisotopic (exact) mass is 659 g/mol. The number of aliphatic hydroxyl groups is 1. The van der Waals surface area contributed by atoms with E-state index in [1.807, 2.05) is 37.8 Å². The van der Waals surface area contributed by atoms with Gasteiger partial charge in [0, 0.05) is 69.9 Å². The van der Waals surface area contributed by atoms with Crippen molar-refractivity contribution in [3.63, 3.8) is 0 Å². The van der Waals surface area contributed by atoms with Crippen molar-refractivity contribution in [3.8, 4) is 5.75 Å². The highest BCUT2D eigenvalue weighted by atomic mass is 16.5. The van der Waals surface area contributed by atoms with E-state index >= 15 is 0 Å². The fraction of sp³-hybridized carbons (Fsp3) is 0.556. The van der Waals surface area contributed by atoms with Crippen LogP contribution in [0.25, 0.3) is 0 Å². The third kappa shape index (κ3) is 7.92. The highest BCUT2D eigenvalue weighted by Gasteiger charge is 2.26. The van der Waals surface area contributed by atoms with Gasteiger partial charge in [-0.05, 0) is 74.4 Å². The summed E-state index contributed by atoms with van der Waals surface area (Å²) in [6, 6.07) is 8.09. The molecule has 4 heterocycles. The minimum absolute atomic E-state index is 0.0279. The number of aliphatic hydroxyl groups excluding tert-OH is 1. The number of amides is 2. The topological polar surface area (TPSA) is 136 Å². The number of hydrogen-bond donors (Lipinski definition) is 3. The van der Waals surface area contributed by atoms with E-state index in [4.69, 9.17) is 14.1 Å². The van der Waals surface area contributed by atoms with E-state index in [9.17, 15) is 14.7 Å². The molecule has 3 aliphatic rings. The summed E-state index contributed by atoms with van der Waals surface area (Å²) in [6.45, 7) is 12.9. The van der Waals surface area contributed by atoms with Gasteiger partial charge in [0.05, 0.1) is 11.8 Å². The van der Waals surface area contributed by atoms with E-state index in [2.05, 4.69) is 38.4 Å². The molecule has 1 aliphatic carbocycles. The van der Waals surface area contributed by atoms with Crippen LogP contribution in [0.15, 0.2) is 35.1 Å². The Kier molecular flexibility index (Phi) is 10.5. The van der Waals surface area contributed by atoms with E-state index in [-0.39, 0.29) is 24.3 Å². The standard InChI is InChI=1S/C36H49N7O5/c1-23(2)36(46)43-14-12-42(13-15-43)34-17-27(16-33(40-34)39-28-6-5-7-28)35(45)37-18-29(44)20-41-11-10-30-24(3)31(9-8-26(30)19-41)47-21-32-25(4)38-22-48-32/h8-9,16-17,22-23,28-29,44H,5-7,10-15,18-21H2,1-4H3,(H,37,45)(H,39,40). The predicted molar refractivity (Wildman–Crippen MR) is 183 cm³/mol. The number of aromatic nitrogens is 2. The number of hydrogen-bond acceptors (Lipinski definition) is 10. The van der Waals surface area contributed by atoms with Crippen molar-refractivity contribution < 1.29 is 23.8 Å². The summed E-state index contributed by atoms with van der Waals surface area (Å²) >= 11 is 0. The Morgan fingerprint density at radius 1 is 1.10 bits per heavy atom. The van der Waals surface area contributed by atoms with E-state index < -0.39 is 6.10 Å². The Labute approximate surface area is 282 Å². The normalized spacial score (nSPS) is 17.5. The first kappa shape index (κ1) is 33.7. The maximum absolute atomic E-state index is 13.4. The van der Waals surface area contributed by atoms with Gasteiger partial charge in [-0.15, -0.1) is 0 Å². The summed E-state index contributed by atoms with van der Waals surface area (Å²) < 4.78 is 11.5. The van der Waals surface area contributed by atoms with Crippen molar-refractivity contribution in [3.05, 3.63) is 64.4 Å². The first-order valence-electron chi connectivity index (χ1n) is 17.3. The van der Waals surface area contributed by atoms with Crippen LogP contribution in [-0.2, 0) is 24.4 Å². The molecular weight excluding hydrogens is 610 g/mol. The van der Waals surface area contributed by atoms with Gasteiger partial charge in [0.2, 0.25) is 5.91 Å². The second-order valence-corrected chi connectivity index (χ2v) is 13.7. The first-order chi connectivity index (χ1) is 23.1. The number of rotatable bonds is 12. The number of benzene rings is 1. The Balaban J connectivity index is 1.03. The molecule has 1 aromatic carbocycles. The van der Waals surface area contributed by atoms with Crippen LogP contribution in [0.3, 0.4) is 0 Å². The van der Waals surface area contributed by atoms with Crippen molar-refractivity contribution in [2.45, 2.75) is 78.7 Å². The summed E-state index contributed by atoms with van der Waals surface area (Å²) in [5, 5.41) is 17.4. The lowest BCUT2D eigenvalue weighted by atomic mass is 9.93. The number of pyridine rings is 1. The molecule has 1 saturated carbocycles. The third-order valence-corrected chi connectivity index (χ3v) is 9.83. The molecule has 6 rings (SSSR count). The van der Waals surface area contributed by atoms with Gasteiger partial charge in [-0.3, -0.25) is 14.5 Å². The maximum Gasteiger partial charge on any atom is 0.251 e. The van der Waals surface area contributed by atoms with Crippen molar-refractivity contribution in [2.75, 3.05) is 56.0 Å². The number of ether oxygens (including phenoxy) is 1. The molecule has 48 heavy (non-hydrogen) atoms. The Morgan fingerprint density at radius 2 is 1.90 bits per heavy atom. The van der Waals surface area contributed by atoms with Gasteiger partial charge in [-0.1, -0.05) is 19.9 Å². The Morgan fingerprint density at radius 3 is 2.58 bits per heavy atom. The molecule has 2 amide bonds. The zero-order chi connectivity index (χ0) is 33.8. The van der Waals surface area contributed by atoms with Crippen LogP contribution in [0.4, 0.5) is 11.6 Å². The smallest absolute Gasteiger partial charge is 0.251 e. The summed E-state index contributed by atoms with van der Waals surface area (Å²) in [4.78, 5) is 41.2. The SMILES string of the molecule is Cc1ncoc1COc1ccc2c(c1C)CCN(CC(O)CNC(=O)c1cc(NC3CCC3)nc(N3CCN(C(=O)C(C)C)CC3)c1)C2. The number of oxazole rings is 1. The average Bonchev–Trinajstić information content (AvgIpc) is 3.48. The molecule has 12 heteroatoms. The van der Waals surface area contributed by atoms with Gasteiger partial charge in [-0.25, -0.2) is 9.97 Å². The van der Waals surface area contributed by atoms with Gasteiger partial charge < -0.3 is 34.7 Å². The Bertz CT molecular complexity index is 1600. The average molecular weight is 660 g/mol. The number of nitrogens with one attached hydrogen (secondary N) is 2. The van der Waals surface area contributed by atoms with Crippen LogP contribution in [0.5, 0.6) is 5.75 Å². The van der Waals surface area contributed by atoms with E-state index in [1.54, 1.807) is 6.07 Å². The quantitative estimate of drug-likeness (QED) is 0.264. The second kappa shape index (κ2) is 14.9. The third-order valence-electron chi connectivity index (χ3n) is 9.83. The maximum atomic E-state index is 13.4. The molecule has 3 N–H and O–H groups in total. The minimum Gasteiger partial charge on any atom is -0.485 e. The van der Waals surface area contributed by atoms with Crippen LogP contribution >= 0.6 is 0 Å². The molecule has 0 bridgehead atoms. The van der Waals surface area contributed by atoms with Crippen molar-refractivity contribution in [2.24, 2.45) is 5.92 Å². The van der Waals surface area contributed by atoms with Crippen LogP contribution in [0, 0.1) is 19.8 Å². The number of fused-ring (bicyclic) bond motifs is 1. The molecule has 0 spiro atoms. The molecule has 2 aliphatic heterocycles. The molecule has 1 unspecified atom stereocenters. The van der Waals surface area contributed by atoms with Gasteiger partial charge in [-0.2, -0.15) is 0 Å². The van der Waals surface area contributed by atoms with Crippen molar-refractivity contribution in [1.29, 1.82) is 0 Å². The van der Waals surface area contributed by atoms with Crippen LogP contribution < -0.4 is 20.3 Å². The number of nitrogens with zero attached hydrogens (tertiary/aromatic N) is 5. The predicted octanol–water partition coefficient (Wildman–Crippen LogP) is 3.68. The number of carbonyl (C=O) groups excluding carboxylic acids is 2. The first-order valence-corrected chi connectivity index (χ1v) is 17.3. The lowest BCUT2D eigenvalue weighted by Gasteiger charge is -2.36. The number of carbonyl (C=O) groups is 2. The highest BCUT2D eigenvalue weighted by molar-refractivity contribution is 5.95. The number of aryl methyl sites for hydroxylation is 1. The lowest BCUT2D eigenvalue weighted by molar-refractivity contribution is -0.134. The van der Waals surface area contributed by atoms with Crippen LogP contribution in [-0.4, -0.2) is 94.6 Å². The molecule has 3 aromatic rings. The Hall–Kier alpha value is -4.16. The fourth-order valence-electron chi connectivity index (χ4n) is 6.64. The molecule has 1 atom stereocenters. The molecule has 2 aromatic heterocycles. The van der Waals surface area contributed by atoms with E-state index in [0.29, 0.717) is 56.8 Å². The molecule has 12 nitrogen and oxygen atoms in total. The van der Waals surface area contributed by atoms with E-state index in [0.717, 1.165) is 60.9 Å². The summed E-state index contributed by atoms with van der Waals surface area (Å²) in [5.41, 5.74) is 4.98. The summed E-state index contributed by atoms with van der Waals surface area (Å²) in [6.07, 6.45) is 4.95. The van der Waals surface area contributed by atoms with Crippen LogP contribution in [0.2, 0.25) is 0 Å². The number of piperazine rings is 1. The fourth-order valence-corrected chi connectivity index (χ4v) is 6.64. The number of β-amino-alcohol motifs (C(OH)–C–C–N with tert-alkyl or cyclic N) is 1. The summed E-state index contributed by atoms with van der Waals surface area (Å²) in [7, 11) is 0. The minimum atomic E-state index is -0.718. The largest absolute Gasteiger partial charge is 0.485 e. The molecular formula is C36H49N7O5. The van der Waals surface area contributed by atoms with E-state index in [1.165, 1.54) is 23.9 Å². The van der Waals surface area contributed by atoms with Gasteiger partial charge in [0.1, 0.15) is 24.0 Å². The lowest BCUT2D eigenvalue weighted by Crippen LogP contribution is -2.50. The van der Waals surface area contributed by atoms with Gasteiger partial charge in [0.15, 0.2) is 12.2 Å².